The van der Waals surface area contributed by atoms with E-state index >= 15 is 0 Å². The highest BCUT2D eigenvalue weighted by Crippen LogP contribution is 2.33. The van der Waals surface area contributed by atoms with Gasteiger partial charge in [-0.2, -0.15) is 13.2 Å². The normalized spacial score (nSPS) is 20.0. The van der Waals surface area contributed by atoms with Crippen molar-refractivity contribution >= 4 is 21.6 Å². The number of carbonyl (C=O) groups excluding carboxylic acids is 1. The van der Waals surface area contributed by atoms with Crippen molar-refractivity contribution in [2.45, 2.75) is 48.0 Å². The molecule has 1 heterocycles. The molecule has 3 rings (SSSR count). The number of benzene rings is 1. The zero-order valence-electron chi connectivity index (χ0n) is 16.0. The largest absolute Gasteiger partial charge is 0.416 e. The van der Waals surface area contributed by atoms with E-state index in [0.717, 1.165) is 12.1 Å². The average Bonchev–Trinajstić information content (AvgIpc) is 2.73. The lowest BCUT2D eigenvalue weighted by Crippen LogP contribution is -2.40. The summed E-state index contributed by atoms with van der Waals surface area (Å²) < 4.78 is 64.3. The quantitative estimate of drug-likeness (QED) is 0.717. The predicted octanol–water partition coefficient (Wildman–Crippen LogP) is 3.41. The number of nitrogens with zero attached hydrogens (tertiary/aromatic N) is 1. The number of halogens is 3. The third kappa shape index (κ3) is 5.57. The molecule has 0 unspecified atom stereocenters. The minimum atomic E-state index is -4.59. The van der Waals surface area contributed by atoms with Gasteiger partial charge in [0.1, 0.15) is 5.82 Å². The first kappa shape index (κ1) is 22.2. The number of anilines is 1. The first-order valence-electron chi connectivity index (χ1n) is 9.51. The van der Waals surface area contributed by atoms with Crippen molar-refractivity contribution in [3.8, 4) is 0 Å². The van der Waals surface area contributed by atoms with Crippen molar-refractivity contribution in [3.05, 3.63) is 54.2 Å². The van der Waals surface area contributed by atoms with E-state index in [1.807, 2.05) is 0 Å². The van der Waals surface area contributed by atoms with E-state index in [9.17, 15) is 26.4 Å². The molecule has 2 aromatic rings. The highest BCUT2D eigenvalue weighted by molar-refractivity contribution is 7.92. The predicted molar refractivity (Wildman–Crippen MR) is 106 cm³/mol. The molecule has 1 amide bonds. The highest BCUT2D eigenvalue weighted by atomic mass is 32.2. The van der Waals surface area contributed by atoms with Crippen molar-refractivity contribution < 1.29 is 26.4 Å². The van der Waals surface area contributed by atoms with E-state index in [1.165, 1.54) is 6.07 Å². The van der Waals surface area contributed by atoms with Crippen LogP contribution in [0.5, 0.6) is 0 Å². The second kappa shape index (κ2) is 9.13. The van der Waals surface area contributed by atoms with Crippen molar-refractivity contribution in [2.24, 2.45) is 0 Å². The van der Waals surface area contributed by atoms with Crippen LogP contribution in [0.15, 0.2) is 53.6 Å². The molecular formula is C20H22F3N3O3S. The SMILES string of the molecule is O=C(CN[C@H]1CC[C@H](S(=O)(=O)c2cccc(C(F)(F)F)c2)CC1)Nc1ccccn1. The first-order chi connectivity index (χ1) is 14.2. The van der Waals surface area contributed by atoms with Gasteiger partial charge < -0.3 is 10.6 Å². The fourth-order valence-electron chi connectivity index (χ4n) is 3.48. The molecule has 6 nitrogen and oxygen atoms in total. The number of amides is 1. The van der Waals surface area contributed by atoms with Crippen LogP contribution in [0.2, 0.25) is 0 Å². The van der Waals surface area contributed by atoms with Gasteiger partial charge in [-0.25, -0.2) is 13.4 Å². The van der Waals surface area contributed by atoms with Gasteiger partial charge in [-0.05, 0) is 56.0 Å². The molecule has 1 aliphatic carbocycles. The molecule has 162 valence electrons. The van der Waals surface area contributed by atoms with Crippen LogP contribution in [0.25, 0.3) is 0 Å². The van der Waals surface area contributed by atoms with E-state index in [2.05, 4.69) is 15.6 Å². The molecule has 1 saturated carbocycles. The van der Waals surface area contributed by atoms with E-state index in [1.54, 1.807) is 24.4 Å². The average molecular weight is 441 g/mol. The molecule has 30 heavy (non-hydrogen) atoms. The topological polar surface area (TPSA) is 88.2 Å². The number of aromatic nitrogens is 1. The Morgan fingerprint density at radius 2 is 1.80 bits per heavy atom. The van der Waals surface area contributed by atoms with Crippen LogP contribution in [0.4, 0.5) is 19.0 Å². The highest BCUT2D eigenvalue weighted by Gasteiger charge is 2.35. The van der Waals surface area contributed by atoms with Gasteiger partial charge in [0.2, 0.25) is 5.91 Å². The molecule has 0 bridgehead atoms. The summed E-state index contributed by atoms with van der Waals surface area (Å²) in [6.07, 6.45) is -1.37. The van der Waals surface area contributed by atoms with Crippen molar-refractivity contribution in [3.63, 3.8) is 0 Å². The summed E-state index contributed by atoms with van der Waals surface area (Å²) in [6.45, 7) is 0.0618. The maximum atomic E-state index is 12.9. The molecule has 1 fully saturated rings. The molecular weight excluding hydrogens is 419 g/mol. The minimum absolute atomic E-state index is 0.0348. The van der Waals surface area contributed by atoms with Crippen LogP contribution in [0.1, 0.15) is 31.2 Å². The number of nitrogens with one attached hydrogen (secondary N) is 2. The van der Waals surface area contributed by atoms with Crippen LogP contribution in [-0.4, -0.2) is 37.1 Å². The number of rotatable bonds is 6. The fourth-order valence-corrected chi connectivity index (χ4v) is 5.32. The third-order valence-electron chi connectivity index (χ3n) is 5.09. The molecule has 2 N–H and O–H groups in total. The first-order valence-corrected chi connectivity index (χ1v) is 11.1. The Hall–Kier alpha value is -2.46. The molecule has 1 aromatic carbocycles. The Labute approximate surface area is 172 Å². The Bertz CT molecular complexity index is 974. The second-order valence-corrected chi connectivity index (χ2v) is 9.42. The molecule has 10 heteroatoms. The summed E-state index contributed by atoms with van der Waals surface area (Å²) in [4.78, 5) is 15.7. The smallest absolute Gasteiger partial charge is 0.310 e. The third-order valence-corrected chi connectivity index (χ3v) is 7.35. The van der Waals surface area contributed by atoms with Crippen molar-refractivity contribution in [2.75, 3.05) is 11.9 Å². The van der Waals surface area contributed by atoms with Gasteiger partial charge in [0, 0.05) is 12.2 Å². The molecule has 0 atom stereocenters. The van der Waals surface area contributed by atoms with Gasteiger partial charge >= 0.3 is 6.18 Å². The number of carbonyl (C=O) groups is 1. The number of hydrogen-bond acceptors (Lipinski definition) is 5. The van der Waals surface area contributed by atoms with Crippen LogP contribution >= 0.6 is 0 Å². The zero-order chi connectivity index (χ0) is 21.8. The van der Waals surface area contributed by atoms with Crippen LogP contribution in [0, 0.1) is 0 Å². The molecule has 1 aliphatic rings. The lowest BCUT2D eigenvalue weighted by molar-refractivity contribution is -0.137. The summed E-state index contributed by atoms with van der Waals surface area (Å²) >= 11 is 0. The lowest BCUT2D eigenvalue weighted by Gasteiger charge is -2.29. The van der Waals surface area contributed by atoms with E-state index < -0.39 is 26.8 Å². The van der Waals surface area contributed by atoms with Gasteiger partial charge in [0.05, 0.1) is 22.3 Å². The van der Waals surface area contributed by atoms with Crippen molar-refractivity contribution in [1.82, 2.24) is 10.3 Å². The summed E-state index contributed by atoms with van der Waals surface area (Å²) in [5, 5.41) is 5.02. The second-order valence-electron chi connectivity index (χ2n) is 7.19. The molecule has 0 saturated heterocycles. The van der Waals surface area contributed by atoms with Crippen LogP contribution in [0.3, 0.4) is 0 Å². The van der Waals surface area contributed by atoms with Crippen LogP contribution < -0.4 is 10.6 Å². The Morgan fingerprint density at radius 3 is 2.43 bits per heavy atom. The zero-order valence-corrected chi connectivity index (χ0v) is 16.8. The monoisotopic (exact) mass is 441 g/mol. The van der Waals surface area contributed by atoms with E-state index in [-0.39, 0.29) is 23.4 Å². The van der Waals surface area contributed by atoms with Gasteiger partial charge in [0.15, 0.2) is 9.84 Å². The summed E-state index contributed by atoms with van der Waals surface area (Å²) in [6, 6.07) is 8.99. The van der Waals surface area contributed by atoms with Crippen LogP contribution in [-0.2, 0) is 20.8 Å². The maximum absolute atomic E-state index is 12.9. The number of sulfone groups is 1. The molecule has 0 spiro atoms. The van der Waals surface area contributed by atoms with Gasteiger partial charge in [-0.15, -0.1) is 0 Å². The van der Waals surface area contributed by atoms with Gasteiger partial charge in [-0.1, -0.05) is 12.1 Å². The van der Waals surface area contributed by atoms with Crippen molar-refractivity contribution in [1.29, 1.82) is 0 Å². The molecule has 0 radical (unpaired) electrons. The minimum Gasteiger partial charge on any atom is -0.310 e. The Morgan fingerprint density at radius 1 is 1.07 bits per heavy atom. The van der Waals surface area contributed by atoms with E-state index in [0.29, 0.717) is 37.6 Å². The van der Waals surface area contributed by atoms with Gasteiger partial charge in [-0.3, -0.25) is 4.79 Å². The maximum Gasteiger partial charge on any atom is 0.416 e. The van der Waals surface area contributed by atoms with Gasteiger partial charge in [0.25, 0.3) is 0 Å². The Balaban J connectivity index is 1.53. The standard InChI is InChI=1S/C20H22F3N3O3S/c21-20(22,23)14-4-3-5-17(12-14)30(28,29)16-9-7-15(8-10-16)25-13-19(27)26-18-6-1-2-11-24-18/h1-6,11-12,15-16,25H,7-10,13H2,(H,24,26,27)/t15-,16-. The molecule has 1 aromatic heterocycles. The summed E-state index contributed by atoms with van der Waals surface area (Å²) in [5.74, 6) is 0.188. The number of hydrogen-bond donors (Lipinski definition) is 2. The number of pyridine rings is 1. The Kier molecular flexibility index (Phi) is 6.77. The number of alkyl halides is 3. The summed E-state index contributed by atoms with van der Waals surface area (Å²) in [5.41, 5.74) is -0.974. The van der Waals surface area contributed by atoms with E-state index in [4.69, 9.17) is 0 Å². The summed E-state index contributed by atoms with van der Waals surface area (Å²) in [7, 11) is -3.86. The fraction of sp³-hybridized carbons (Fsp3) is 0.400. The lowest BCUT2D eigenvalue weighted by atomic mass is 9.95. The molecule has 0 aliphatic heterocycles.